The van der Waals surface area contributed by atoms with Crippen LogP contribution < -0.4 is 10.6 Å². The number of carbonyl (C=O) groups excluding carboxylic acids is 3. The van der Waals surface area contributed by atoms with Crippen LogP contribution in [0.5, 0.6) is 0 Å². The molecule has 0 spiro atoms. The number of hydrogen-bond donors (Lipinski definition) is 2. The molecule has 8 nitrogen and oxygen atoms in total. The Hall–Kier alpha value is -3.46. The quantitative estimate of drug-likeness (QED) is 0.527. The van der Waals surface area contributed by atoms with Gasteiger partial charge in [0.2, 0.25) is 5.91 Å². The van der Waals surface area contributed by atoms with Crippen LogP contribution in [-0.2, 0) is 11.2 Å². The SMILES string of the molecule is Cc1cc(C(=O)N2CCCCC2C)ccc1NC(=O)Cc1csc(NC(=O)c2ccoc2C)n1. The number of amides is 3. The standard InChI is InChI=1S/C25H28N4O4S/c1-15-12-18(24(32)29-10-5-4-6-16(29)2)7-8-21(15)27-22(30)13-19-14-34-25(26-19)28-23(31)20-9-11-33-17(20)3/h7-9,11-12,14,16H,4-6,10,13H2,1-3H3,(H,27,30)(H,26,28,31). The minimum Gasteiger partial charge on any atom is -0.469 e. The summed E-state index contributed by atoms with van der Waals surface area (Å²) in [7, 11) is 0. The lowest BCUT2D eigenvalue weighted by molar-refractivity contribution is -0.115. The number of benzene rings is 1. The Bertz CT molecular complexity index is 1220. The molecule has 3 amide bonds. The predicted octanol–water partition coefficient (Wildman–Crippen LogP) is 4.80. The van der Waals surface area contributed by atoms with Crippen LogP contribution in [0.4, 0.5) is 10.8 Å². The van der Waals surface area contributed by atoms with Crippen molar-refractivity contribution < 1.29 is 18.8 Å². The van der Waals surface area contributed by atoms with Crippen LogP contribution in [0.1, 0.15) is 63.9 Å². The van der Waals surface area contributed by atoms with Gasteiger partial charge in [0.15, 0.2) is 5.13 Å². The highest BCUT2D eigenvalue weighted by Gasteiger charge is 2.24. The highest BCUT2D eigenvalue weighted by Crippen LogP contribution is 2.23. The van der Waals surface area contributed by atoms with E-state index < -0.39 is 0 Å². The molecule has 3 aromatic rings. The summed E-state index contributed by atoms with van der Waals surface area (Å²) in [6.45, 7) is 6.47. The van der Waals surface area contributed by atoms with Crippen LogP contribution in [-0.4, -0.2) is 40.2 Å². The van der Waals surface area contributed by atoms with E-state index in [1.54, 1.807) is 30.5 Å². The van der Waals surface area contributed by atoms with Crippen molar-refractivity contribution >= 4 is 39.9 Å². The van der Waals surface area contributed by atoms with Gasteiger partial charge >= 0.3 is 0 Å². The summed E-state index contributed by atoms with van der Waals surface area (Å²) in [6, 6.07) is 7.21. The van der Waals surface area contributed by atoms with E-state index in [0.717, 1.165) is 31.4 Å². The van der Waals surface area contributed by atoms with E-state index in [1.165, 1.54) is 17.6 Å². The average Bonchev–Trinajstić information content (AvgIpc) is 3.43. The van der Waals surface area contributed by atoms with Gasteiger partial charge in [-0.25, -0.2) is 4.98 Å². The molecule has 2 N–H and O–H groups in total. The van der Waals surface area contributed by atoms with E-state index in [2.05, 4.69) is 22.5 Å². The Morgan fingerprint density at radius 1 is 1.18 bits per heavy atom. The Labute approximate surface area is 202 Å². The van der Waals surface area contributed by atoms with Crippen molar-refractivity contribution in [2.45, 2.75) is 52.5 Å². The molecule has 34 heavy (non-hydrogen) atoms. The Balaban J connectivity index is 1.35. The number of nitrogens with one attached hydrogen (secondary N) is 2. The van der Waals surface area contributed by atoms with E-state index in [4.69, 9.17) is 4.42 Å². The summed E-state index contributed by atoms with van der Waals surface area (Å²) < 4.78 is 5.15. The van der Waals surface area contributed by atoms with E-state index >= 15 is 0 Å². The third-order valence-corrected chi connectivity index (χ3v) is 6.84. The number of hydrogen-bond acceptors (Lipinski definition) is 6. The second-order valence-corrected chi connectivity index (χ2v) is 9.44. The second-order valence-electron chi connectivity index (χ2n) is 8.59. The number of furan rings is 1. The van der Waals surface area contributed by atoms with Gasteiger partial charge in [-0.05, 0) is 69.9 Å². The van der Waals surface area contributed by atoms with Gasteiger partial charge in [-0.15, -0.1) is 11.3 Å². The number of aryl methyl sites for hydroxylation is 2. The summed E-state index contributed by atoms with van der Waals surface area (Å²) in [6.07, 6.45) is 4.76. The number of anilines is 2. The molecule has 1 aromatic carbocycles. The van der Waals surface area contributed by atoms with E-state index in [9.17, 15) is 14.4 Å². The molecule has 1 atom stereocenters. The molecule has 0 bridgehead atoms. The van der Waals surface area contributed by atoms with E-state index in [0.29, 0.717) is 33.4 Å². The van der Waals surface area contributed by atoms with Crippen LogP contribution in [0.25, 0.3) is 0 Å². The molecule has 1 aliphatic heterocycles. The smallest absolute Gasteiger partial charge is 0.260 e. The first kappa shape index (κ1) is 23.7. The van der Waals surface area contributed by atoms with Gasteiger partial charge in [-0.1, -0.05) is 0 Å². The molecule has 0 radical (unpaired) electrons. The number of piperidine rings is 1. The largest absolute Gasteiger partial charge is 0.469 e. The molecule has 9 heteroatoms. The van der Waals surface area contributed by atoms with Gasteiger partial charge in [0.1, 0.15) is 5.76 Å². The Kier molecular flexibility index (Phi) is 7.12. The summed E-state index contributed by atoms with van der Waals surface area (Å²) >= 11 is 1.26. The fourth-order valence-corrected chi connectivity index (χ4v) is 4.80. The predicted molar refractivity (Wildman–Crippen MR) is 131 cm³/mol. The van der Waals surface area contributed by atoms with Crippen LogP contribution in [0.2, 0.25) is 0 Å². The fraction of sp³-hybridized carbons (Fsp3) is 0.360. The van der Waals surface area contributed by atoms with Gasteiger partial charge in [0.25, 0.3) is 11.8 Å². The maximum absolute atomic E-state index is 12.9. The van der Waals surface area contributed by atoms with Gasteiger partial charge in [-0.3, -0.25) is 19.7 Å². The van der Waals surface area contributed by atoms with E-state index in [1.807, 2.05) is 17.9 Å². The summed E-state index contributed by atoms with van der Waals surface area (Å²) in [5.41, 5.74) is 3.13. The molecule has 3 heterocycles. The molecule has 178 valence electrons. The normalized spacial score (nSPS) is 15.7. The number of aromatic nitrogens is 1. The minimum absolute atomic E-state index is 0.0378. The van der Waals surface area contributed by atoms with Crippen molar-refractivity contribution in [3.63, 3.8) is 0 Å². The molecule has 2 aromatic heterocycles. The molecule has 1 unspecified atom stereocenters. The minimum atomic E-state index is -0.305. The van der Waals surface area contributed by atoms with E-state index in [-0.39, 0.29) is 30.2 Å². The van der Waals surface area contributed by atoms with Crippen molar-refractivity contribution in [2.24, 2.45) is 0 Å². The first-order chi connectivity index (χ1) is 16.3. The van der Waals surface area contributed by atoms with Crippen molar-refractivity contribution in [2.75, 3.05) is 17.2 Å². The fourth-order valence-electron chi connectivity index (χ4n) is 4.09. The second kappa shape index (κ2) is 10.2. The first-order valence-corrected chi connectivity index (χ1v) is 12.2. The molecule has 0 saturated carbocycles. The van der Waals surface area contributed by atoms with Crippen LogP contribution in [0, 0.1) is 13.8 Å². The maximum atomic E-state index is 12.9. The van der Waals surface area contributed by atoms with Crippen molar-refractivity contribution in [1.29, 1.82) is 0 Å². The van der Waals surface area contributed by atoms with Crippen molar-refractivity contribution in [3.8, 4) is 0 Å². The molecule has 1 aliphatic rings. The number of rotatable bonds is 6. The number of thiazole rings is 1. The summed E-state index contributed by atoms with van der Waals surface area (Å²) in [4.78, 5) is 44.0. The molecule has 4 rings (SSSR count). The summed E-state index contributed by atoms with van der Waals surface area (Å²) in [5.74, 6) is 0.0412. The Morgan fingerprint density at radius 2 is 2.00 bits per heavy atom. The third kappa shape index (κ3) is 5.36. The molecule has 0 aliphatic carbocycles. The molecule has 1 saturated heterocycles. The summed E-state index contributed by atoms with van der Waals surface area (Å²) in [5, 5.41) is 7.78. The van der Waals surface area contributed by atoms with Gasteiger partial charge < -0.3 is 14.6 Å². The lowest BCUT2D eigenvalue weighted by atomic mass is 10.0. The third-order valence-electron chi connectivity index (χ3n) is 6.03. The van der Waals surface area contributed by atoms with Crippen LogP contribution in [0.15, 0.2) is 40.3 Å². The molecule has 1 fully saturated rings. The average molecular weight is 481 g/mol. The highest BCUT2D eigenvalue weighted by atomic mass is 32.1. The first-order valence-electron chi connectivity index (χ1n) is 11.3. The zero-order chi connectivity index (χ0) is 24.2. The van der Waals surface area contributed by atoms with Crippen LogP contribution >= 0.6 is 11.3 Å². The maximum Gasteiger partial charge on any atom is 0.260 e. The van der Waals surface area contributed by atoms with Gasteiger partial charge in [0.05, 0.1) is 23.9 Å². The topological polar surface area (TPSA) is 105 Å². The zero-order valence-corrected chi connectivity index (χ0v) is 20.3. The van der Waals surface area contributed by atoms with Gasteiger partial charge in [-0.2, -0.15) is 0 Å². The Morgan fingerprint density at radius 3 is 2.71 bits per heavy atom. The van der Waals surface area contributed by atoms with Crippen molar-refractivity contribution in [1.82, 2.24) is 9.88 Å². The monoisotopic (exact) mass is 480 g/mol. The lowest BCUT2D eigenvalue weighted by Crippen LogP contribution is -2.42. The number of carbonyl (C=O) groups is 3. The number of nitrogens with zero attached hydrogens (tertiary/aromatic N) is 2. The van der Waals surface area contributed by atoms with Crippen molar-refractivity contribution in [3.05, 3.63) is 64.1 Å². The number of likely N-dealkylation sites (tertiary alicyclic amines) is 1. The highest BCUT2D eigenvalue weighted by molar-refractivity contribution is 7.14. The lowest BCUT2D eigenvalue weighted by Gasteiger charge is -2.33. The van der Waals surface area contributed by atoms with Gasteiger partial charge in [0, 0.05) is 29.2 Å². The zero-order valence-electron chi connectivity index (χ0n) is 19.5. The van der Waals surface area contributed by atoms with Crippen LogP contribution in [0.3, 0.4) is 0 Å². The molecular formula is C25H28N4O4S. The molecular weight excluding hydrogens is 452 g/mol.